The lowest BCUT2D eigenvalue weighted by Gasteiger charge is -1.97. The van der Waals surface area contributed by atoms with Crippen LogP contribution >= 0.6 is 0 Å². The molecule has 0 bridgehead atoms. The number of aliphatic carboxylic acids is 1. The number of methoxy groups -OCH3 is 1. The second-order valence-electron chi connectivity index (χ2n) is 3.08. The molecule has 0 aromatic rings. The average molecular weight is 240 g/mol. The van der Waals surface area contributed by atoms with E-state index in [0.717, 1.165) is 0 Å². The Kier molecular flexibility index (Phi) is 21.6. The Morgan fingerprint density at radius 2 is 1.56 bits per heavy atom. The van der Waals surface area contributed by atoms with Gasteiger partial charge < -0.3 is 25.2 Å². The Labute approximate surface area is 96.5 Å². The van der Waals surface area contributed by atoms with Gasteiger partial charge in [-0.25, -0.2) is 0 Å². The zero-order chi connectivity index (χ0) is 13.6. The molecule has 0 aliphatic heterocycles. The van der Waals surface area contributed by atoms with Crippen LogP contribution in [-0.2, 0) is 9.53 Å². The summed E-state index contributed by atoms with van der Waals surface area (Å²) in [6.45, 7) is 5.10. The van der Waals surface area contributed by atoms with E-state index in [4.69, 9.17) is 20.4 Å². The Morgan fingerprint density at radius 1 is 1.25 bits per heavy atom. The molecule has 100 valence electrons. The van der Waals surface area contributed by atoms with E-state index in [1.165, 1.54) is 6.92 Å². The Morgan fingerprint density at radius 3 is 1.56 bits per heavy atom. The van der Waals surface area contributed by atoms with E-state index in [9.17, 15) is 4.79 Å². The van der Waals surface area contributed by atoms with Gasteiger partial charge >= 0.3 is 5.97 Å². The predicted octanol–water partition coefficient (Wildman–Crippen LogP) is -0.146. The molecule has 0 rings (SSSR count). The molecule has 0 fully saturated rings. The van der Waals surface area contributed by atoms with Crippen LogP contribution in [0.3, 0.4) is 0 Å². The summed E-state index contributed by atoms with van der Waals surface area (Å²) in [5.74, 6) is -0.745. The fourth-order valence-electron chi connectivity index (χ4n) is 0.241. The van der Waals surface area contributed by atoms with Crippen molar-refractivity contribution in [3.8, 4) is 0 Å². The van der Waals surface area contributed by atoms with E-state index in [-0.39, 0.29) is 19.1 Å². The molecule has 4 N–H and O–H groups in total. The van der Waals surface area contributed by atoms with E-state index >= 15 is 0 Å². The van der Waals surface area contributed by atoms with Crippen molar-refractivity contribution in [2.75, 3.05) is 20.3 Å². The summed E-state index contributed by atoms with van der Waals surface area (Å²) in [6.07, 6.45) is -0.662. The van der Waals surface area contributed by atoms with Crippen LogP contribution in [0.15, 0.2) is 0 Å². The van der Waals surface area contributed by atoms with Gasteiger partial charge in [-0.05, 0) is 13.8 Å². The van der Waals surface area contributed by atoms with E-state index in [0.29, 0.717) is 6.61 Å². The van der Waals surface area contributed by atoms with Crippen LogP contribution in [0.4, 0.5) is 0 Å². The first kappa shape index (κ1) is 20.7. The standard InChI is InChI=1S/C4H10O2.C3H8O2.C3H6O2/c1-4(5)3-6-2;1-3(5)2-4;1-2-3(4)5/h4-5H,3H2,1-2H3;3-5H,2H2,1H3;2H2,1H3,(H,4,5). The third-order valence-electron chi connectivity index (χ3n) is 0.975. The van der Waals surface area contributed by atoms with Crippen molar-refractivity contribution in [3.05, 3.63) is 0 Å². The van der Waals surface area contributed by atoms with Crippen molar-refractivity contribution in [1.29, 1.82) is 0 Å². The molecule has 0 saturated heterocycles. The molecule has 0 aromatic carbocycles. The molecule has 16 heavy (non-hydrogen) atoms. The molecule has 0 aromatic heterocycles. The maximum Gasteiger partial charge on any atom is 0.303 e. The minimum absolute atomic E-state index is 0.139. The molecule has 0 radical (unpaired) electrons. The molecule has 0 saturated carbocycles. The lowest BCUT2D eigenvalue weighted by atomic mass is 10.5. The van der Waals surface area contributed by atoms with Crippen LogP contribution in [0.2, 0.25) is 0 Å². The van der Waals surface area contributed by atoms with Gasteiger partial charge in [0.05, 0.1) is 25.4 Å². The quantitative estimate of drug-likeness (QED) is 0.544. The number of carboxylic acid groups (broad SMARTS) is 1. The lowest BCUT2D eigenvalue weighted by Crippen LogP contribution is -2.07. The third kappa shape index (κ3) is 50.7. The van der Waals surface area contributed by atoms with Gasteiger partial charge in [-0.15, -0.1) is 0 Å². The van der Waals surface area contributed by atoms with Crippen molar-refractivity contribution >= 4 is 5.97 Å². The number of hydrogen-bond donors (Lipinski definition) is 4. The number of hydrogen-bond acceptors (Lipinski definition) is 5. The molecule has 6 nitrogen and oxygen atoms in total. The number of aliphatic hydroxyl groups is 3. The SMILES string of the molecule is CC(O)CO.CCC(=O)O.COCC(C)O. The maximum atomic E-state index is 9.37. The molecular formula is C10H24O6. The number of carbonyl (C=O) groups is 1. The lowest BCUT2D eigenvalue weighted by molar-refractivity contribution is -0.136. The first-order valence-corrected chi connectivity index (χ1v) is 4.99. The van der Waals surface area contributed by atoms with Gasteiger partial charge in [0, 0.05) is 13.5 Å². The second-order valence-corrected chi connectivity index (χ2v) is 3.08. The Bertz CT molecular complexity index is 135. The summed E-state index contributed by atoms with van der Waals surface area (Å²) < 4.78 is 4.55. The van der Waals surface area contributed by atoms with Gasteiger partial charge in [-0.2, -0.15) is 0 Å². The predicted molar refractivity (Wildman–Crippen MR) is 60.3 cm³/mol. The summed E-state index contributed by atoms with van der Waals surface area (Å²) in [5, 5.41) is 32.2. The summed E-state index contributed by atoms with van der Waals surface area (Å²) >= 11 is 0. The minimum Gasteiger partial charge on any atom is -0.481 e. The summed E-state index contributed by atoms with van der Waals surface area (Å²) in [5.41, 5.74) is 0. The van der Waals surface area contributed by atoms with Crippen molar-refractivity contribution in [2.24, 2.45) is 0 Å². The van der Waals surface area contributed by atoms with E-state index in [2.05, 4.69) is 4.74 Å². The van der Waals surface area contributed by atoms with Gasteiger partial charge in [-0.1, -0.05) is 6.92 Å². The van der Waals surface area contributed by atoms with Gasteiger partial charge in [0.15, 0.2) is 0 Å². The highest BCUT2D eigenvalue weighted by molar-refractivity contribution is 5.66. The van der Waals surface area contributed by atoms with Crippen molar-refractivity contribution < 1.29 is 30.0 Å². The molecule has 0 aliphatic carbocycles. The van der Waals surface area contributed by atoms with Crippen molar-refractivity contribution in [1.82, 2.24) is 0 Å². The highest BCUT2D eigenvalue weighted by Crippen LogP contribution is 1.75. The van der Waals surface area contributed by atoms with Crippen molar-refractivity contribution in [2.45, 2.75) is 39.4 Å². The topological polar surface area (TPSA) is 107 Å². The highest BCUT2D eigenvalue weighted by Gasteiger charge is 1.87. The van der Waals surface area contributed by atoms with E-state index < -0.39 is 12.1 Å². The second kappa shape index (κ2) is 16.7. The fourth-order valence-corrected chi connectivity index (χ4v) is 0.241. The van der Waals surface area contributed by atoms with E-state index in [1.807, 2.05) is 0 Å². The summed E-state index contributed by atoms with van der Waals surface area (Å²) in [7, 11) is 1.56. The van der Waals surface area contributed by atoms with Crippen LogP contribution in [-0.4, -0.2) is 58.9 Å². The number of rotatable bonds is 4. The molecule has 2 unspecified atom stereocenters. The monoisotopic (exact) mass is 240 g/mol. The number of ether oxygens (including phenoxy) is 1. The smallest absolute Gasteiger partial charge is 0.303 e. The molecule has 0 heterocycles. The van der Waals surface area contributed by atoms with Crippen LogP contribution in [0.5, 0.6) is 0 Å². The molecular weight excluding hydrogens is 216 g/mol. The fraction of sp³-hybridized carbons (Fsp3) is 0.900. The molecule has 6 heteroatoms. The van der Waals surface area contributed by atoms with Crippen LogP contribution in [0, 0.1) is 0 Å². The first-order valence-electron chi connectivity index (χ1n) is 4.99. The molecule has 0 spiro atoms. The van der Waals surface area contributed by atoms with Gasteiger partial charge in [-0.3, -0.25) is 4.79 Å². The minimum atomic E-state index is -0.745. The van der Waals surface area contributed by atoms with Crippen molar-refractivity contribution in [3.63, 3.8) is 0 Å². The maximum absolute atomic E-state index is 9.37. The zero-order valence-corrected chi connectivity index (χ0v) is 10.4. The van der Waals surface area contributed by atoms with Crippen LogP contribution in [0.1, 0.15) is 27.2 Å². The molecule has 0 aliphatic rings. The van der Waals surface area contributed by atoms with Crippen LogP contribution < -0.4 is 0 Å². The van der Waals surface area contributed by atoms with Gasteiger partial charge in [0.1, 0.15) is 0 Å². The largest absolute Gasteiger partial charge is 0.481 e. The highest BCUT2D eigenvalue weighted by atomic mass is 16.5. The Hall–Kier alpha value is -0.690. The van der Waals surface area contributed by atoms with Crippen LogP contribution in [0.25, 0.3) is 0 Å². The normalized spacial score (nSPS) is 12.4. The van der Waals surface area contributed by atoms with E-state index in [1.54, 1.807) is 21.0 Å². The Balaban J connectivity index is -0.000000160. The third-order valence-corrected chi connectivity index (χ3v) is 0.975. The summed E-state index contributed by atoms with van der Waals surface area (Å²) in [6, 6.07) is 0. The van der Waals surface area contributed by atoms with Gasteiger partial charge in [0.2, 0.25) is 0 Å². The number of carboxylic acids is 1. The number of aliphatic hydroxyl groups excluding tert-OH is 3. The van der Waals surface area contributed by atoms with Gasteiger partial charge in [0.25, 0.3) is 0 Å². The summed E-state index contributed by atoms with van der Waals surface area (Å²) in [4.78, 5) is 9.37. The zero-order valence-electron chi connectivity index (χ0n) is 10.4. The first-order chi connectivity index (χ1) is 7.31. The molecule has 2 atom stereocenters. The molecule has 0 amide bonds. The average Bonchev–Trinajstić information content (AvgIpc) is 2.19.